The largest absolute Gasteiger partial charge is 0.573 e. The summed E-state index contributed by atoms with van der Waals surface area (Å²) in [7, 11) is 1.59. The Hall–Kier alpha value is -2.17. The Morgan fingerprint density at radius 2 is 1.25 bits per heavy atom. The van der Waals surface area contributed by atoms with E-state index in [2.05, 4.69) is 4.74 Å². The second kappa shape index (κ2) is 5.86. The maximum atomic E-state index is 12.0. The van der Waals surface area contributed by atoms with E-state index in [9.17, 15) is 13.2 Å². The SMILES string of the molecule is COc1ccc(Cc2ccc(OC(F)(F)F)cc2)cc1. The molecule has 0 bridgehead atoms. The lowest BCUT2D eigenvalue weighted by molar-refractivity contribution is -0.274. The van der Waals surface area contributed by atoms with Crippen LogP contribution < -0.4 is 9.47 Å². The molecule has 2 nitrogen and oxygen atoms in total. The van der Waals surface area contributed by atoms with Crippen LogP contribution in [0.5, 0.6) is 11.5 Å². The van der Waals surface area contributed by atoms with Gasteiger partial charge in [0.25, 0.3) is 0 Å². The average molecular weight is 282 g/mol. The fraction of sp³-hybridized carbons (Fsp3) is 0.200. The highest BCUT2D eigenvalue weighted by Gasteiger charge is 2.30. The molecule has 0 radical (unpaired) electrons. The number of rotatable bonds is 4. The van der Waals surface area contributed by atoms with Crippen molar-refractivity contribution in [3.05, 3.63) is 59.7 Å². The summed E-state index contributed by atoms with van der Waals surface area (Å²) < 4.78 is 45.0. The highest BCUT2D eigenvalue weighted by atomic mass is 19.4. The second-order valence-electron chi connectivity index (χ2n) is 4.22. The van der Waals surface area contributed by atoms with Crippen molar-refractivity contribution in [2.45, 2.75) is 12.8 Å². The van der Waals surface area contributed by atoms with Crippen molar-refractivity contribution in [1.29, 1.82) is 0 Å². The molecule has 0 aliphatic heterocycles. The number of halogens is 3. The van der Waals surface area contributed by atoms with Crippen molar-refractivity contribution in [2.24, 2.45) is 0 Å². The number of alkyl halides is 3. The summed E-state index contributed by atoms with van der Waals surface area (Å²) in [6.45, 7) is 0. The first-order valence-electron chi connectivity index (χ1n) is 5.94. The zero-order chi connectivity index (χ0) is 14.6. The third kappa shape index (κ3) is 4.19. The zero-order valence-corrected chi connectivity index (χ0v) is 10.8. The Morgan fingerprint density at radius 1 is 0.800 bits per heavy atom. The smallest absolute Gasteiger partial charge is 0.497 e. The van der Waals surface area contributed by atoms with E-state index >= 15 is 0 Å². The molecule has 0 saturated heterocycles. The highest BCUT2D eigenvalue weighted by Crippen LogP contribution is 2.23. The van der Waals surface area contributed by atoms with E-state index in [-0.39, 0.29) is 5.75 Å². The quantitative estimate of drug-likeness (QED) is 0.837. The predicted molar refractivity (Wildman–Crippen MR) is 68.9 cm³/mol. The predicted octanol–water partition coefficient (Wildman–Crippen LogP) is 4.18. The lowest BCUT2D eigenvalue weighted by Gasteiger charge is -2.09. The van der Waals surface area contributed by atoms with Crippen LogP contribution in [-0.2, 0) is 6.42 Å². The van der Waals surface area contributed by atoms with Crippen LogP contribution in [0.3, 0.4) is 0 Å². The van der Waals surface area contributed by atoms with Gasteiger partial charge in [-0.25, -0.2) is 0 Å². The van der Waals surface area contributed by atoms with Gasteiger partial charge in [0.1, 0.15) is 11.5 Å². The third-order valence-corrected chi connectivity index (χ3v) is 2.72. The van der Waals surface area contributed by atoms with Gasteiger partial charge in [-0.2, -0.15) is 0 Å². The van der Waals surface area contributed by atoms with Crippen LogP contribution in [0.15, 0.2) is 48.5 Å². The van der Waals surface area contributed by atoms with E-state index < -0.39 is 6.36 Å². The van der Waals surface area contributed by atoms with E-state index in [1.165, 1.54) is 12.1 Å². The van der Waals surface area contributed by atoms with Gasteiger partial charge in [-0.3, -0.25) is 0 Å². The van der Waals surface area contributed by atoms with Gasteiger partial charge in [-0.05, 0) is 41.8 Å². The molecule has 2 rings (SSSR count). The average Bonchev–Trinajstić information content (AvgIpc) is 2.40. The third-order valence-electron chi connectivity index (χ3n) is 2.72. The number of ether oxygens (including phenoxy) is 2. The van der Waals surface area contributed by atoms with Gasteiger partial charge in [0, 0.05) is 0 Å². The second-order valence-corrected chi connectivity index (χ2v) is 4.22. The zero-order valence-electron chi connectivity index (χ0n) is 10.8. The maximum absolute atomic E-state index is 12.0. The lowest BCUT2D eigenvalue weighted by atomic mass is 10.0. The lowest BCUT2D eigenvalue weighted by Crippen LogP contribution is -2.17. The molecule has 20 heavy (non-hydrogen) atoms. The van der Waals surface area contributed by atoms with Crippen LogP contribution in [0, 0.1) is 0 Å². The topological polar surface area (TPSA) is 18.5 Å². The first-order valence-corrected chi connectivity index (χ1v) is 5.94. The minimum atomic E-state index is -4.66. The van der Waals surface area contributed by atoms with E-state index in [4.69, 9.17) is 4.74 Å². The van der Waals surface area contributed by atoms with Gasteiger partial charge in [0.15, 0.2) is 0 Å². The molecule has 0 heterocycles. The van der Waals surface area contributed by atoms with E-state index in [0.717, 1.165) is 16.9 Å². The summed E-state index contributed by atoms with van der Waals surface area (Å²) in [5.41, 5.74) is 1.96. The monoisotopic (exact) mass is 282 g/mol. The minimum Gasteiger partial charge on any atom is -0.497 e. The van der Waals surface area contributed by atoms with Gasteiger partial charge in [-0.1, -0.05) is 24.3 Å². The normalized spacial score (nSPS) is 11.2. The Bertz CT molecular complexity index is 545. The van der Waals surface area contributed by atoms with Gasteiger partial charge < -0.3 is 9.47 Å². The van der Waals surface area contributed by atoms with Crippen molar-refractivity contribution in [3.8, 4) is 11.5 Å². The fourth-order valence-corrected chi connectivity index (χ4v) is 1.79. The van der Waals surface area contributed by atoms with Crippen LogP contribution in [0.25, 0.3) is 0 Å². The number of benzene rings is 2. The van der Waals surface area contributed by atoms with Crippen molar-refractivity contribution >= 4 is 0 Å². The number of methoxy groups -OCH3 is 1. The van der Waals surface area contributed by atoms with Crippen LogP contribution in [0.1, 0.15) is 11.1 Å². The first-order chi connectivity index (χ1) is 9.46. The summed E-state index contributed by atoms with van der Waals surface area (Å²) >= 11 is 0. The molecule has 0 unspecified atom stereocenters. The molecular formula is C15H13F3O2. The molecular weight excluding hydrogens is 269 g/mol. The molecule has 0 aliphatic carbocycles. The Balaban J connectivity index is 2.02. The van der Waals surface area contributed by atoms with Crippen molar-refractivity contribution < 1.29 is 22.6 Å². The minimum absolute atomic E-state index is 0.212. The summed E-state index contributed by atoms with van der Waals surface area (Å²) in [6.07, 6.45) is -4.02. The first kappa shape index (κ1) is 14.2. The summed E-state index contributed by atoms with van der Waals surface area (Å²) in [5.74, 6) is 0.554. The van der Waals surface area contributed by atoms with E-state index in [1.807, 2.05) is 24.3 Å². The Morgan fingerprint density at radius 3 is 1.65 bits per heavy atom. The molecule has 0 amide bonds. The highest BCUT2D eigenvalue weighted by molar-refractivity contribution is 5.34. The Kier molecular flexibility index (Phi) is 4.17. The summed E-state index contributed by atoms with van der Waals surface area (Å²) in [5, 5.41) is 0. The Labute approximate surface area is 114 Å². The van der Waals surface area contributed by atoms with Crippen molar-refractivity contribution in [1.82, 2.24) is 0 Å². The molecule has 0 spiro atoms. The molecule has 0 aliphatic rings. The number of hydrogen-bond donors (Lipinski definition) is 0. The van der Waals surface area contributed by atoms with Crippen molar-refractivity contribution in [2.75, 3.05) is 7.11 Å². The molecule has 0 aromatic heterocycles. The van der Waals surface area contributed by atoms with Crippen LogP contribution in [0.4, 0.5) is 13.2 Å². The van der Waals surface area contributed by atoms with E-state index in [0.29, 0.717) is 6.42 Å². The summed E-state index contributed by atoms with van der Waals surface area (Å²) in [6, 6.07) is 13.4. The van der Waals surface area contributed by atoms with Gasteiger partial charge in [-0.15, -0.1) is 13.2 Å². The molecule has 0 fully saturated rings. The molecule has 5 heteroatoms. The molecule has 0 N–H and O–H groups in total. The van der Waals surface area contributed by atoms with E-state index in [1.54, 1.807) is 19.2 Å². The van der Waals surface area contributed by atoms with Crippen molar-refractivity contribution in [3.63, 3.8) is 0 Å². The molecule has 0 atom stereocenters. The van der Waals surface area contributed by atoms with Crippen LogP contribution >= 0.6 is 0 Å². The molecule has 0 saturated carbocycles. The van der Waals surface area contributed by atoms with Crippen LogP contribution in [0.2, 0.25) is 0 Å². The fourth-order valence-electron chi connectivity index (χ4n) is 1.79. The molecule has 2 aromatic rings. The maximum Gasteiger partial charge on any atom is 0.573 e. The standard InChI is InChI=1S/C15H13F3O2/c1-19-13-6-2-11(3-7-13)10-12-4-8-14(9-5-12)20-15(16,17)18/h2-9H,10H2,1H3. The van der Waals surface area contributed by atoms with Gasteiger partial charge in [0.05, 0.1) is 7.11 Å². The summed E-state index contributed by atoms with van der Waals surface area (Å²) in [4.78, 5) is 0. The molecule has 2 aromatic carbocycles. The van der Waals surface area contributed by atoms with Gasteiger partial charge >= 0.3 is 6.36 Å². The van der Waals surface area contributed by atoms with Gasteiger partial charge in [0.2, 0.25) is 0 Å². The number of hydrogen-bond acceptors (Lipinski definition) is 2. The van der Waals surface area contributed by atoms with Crippen LogP contribution in [-0.4, -0.2) is 13.5 Å². The molecule has 106 valence electrons.